The van der Waals surface area contributed by atoms with Gasteiger partial charge in [-0.25, -0.2) is 0 Å². The molecule has 356 valence electrons. The van der Waals surface area contributed by atoms with Gasteiger partial charge in [-0.15, -0.1) is 0 Å². The van der Waals surface area contributed by atoms with Crippen molar-refractivity contribution in [1.29, 1.82) is 0 Å². The van der Waals surface area contributed by atoms with Gasteiger partial charge in [0.1, 0.15) is 13.2 Å². The Bertz CT molecular complexity index is 1330. The van der Waals surface area contributed by atoms with E-state index in [-0.39, 0.29) is 37.5 Å². The first-order valence-corrected chi connectivity index (χ1v) is 25.4. The smallest absolute Gasteiger partial charge is 0.306 e. The van der Waals surface area contributed by atoms with Crippen LogP contribution < -0.4 is 0 Å². The maximum absolute atomic E-state index is 12.8. The summed E-state index contributed by atoms with van der Waals surface area (Å²) >= 11 is 0. The lowest BCUT2D eigenvalue weighted by Gasteiger charge is -2.18. The lowest BCUT2D eigenvalue weighted by atomic mass is 10.0. The van der Waals surface area contributed by atoms with E-state index in [2.05, 4.69) is 81.5 Å². The summed E-state index contributed by atoms with van der Waals surface area (Å²) in [6.07, 6.45) is 68.0. The third-order valence-corrected chi connectivity index (χ3v) is 10.4. The average molecular weight is 873 g/mol. The molecular formula is C57H92O6. The zero-order chi connectivity index (χ0) is 45.8. The van der Waals surface area contributed by atoms with Crippen molar-refractivity contribution in [2.45, 2.75) is 219 Å². The summed E-state index contributed by atoms with van der Waals surface area (Å²) in [6, 6.07) is 0. The van der Waals surface area contributed by atoms with E-state index in [4.69, 9.17) is 14.2 Å². The number of allylic oxidation sites excluding steroid dienone is 18. The highest BCUT2D eigenvalue weighted by Crippen LogP contribution is 2.15. The maximum Gasteiger partial charge on any atom is 0.306 e. The van der Waals surface area contributed by atoms with Crippen molar-refractivity contribution in [3.63, 3.8) is 0 Å². The van der Waals surface area contributed by atoms with Gasteiger partial charge in [0.25, 0.3) is 0 Å². The fourth-order valence-electron chi connectivity index (χ4n) is 6.62. The summed E-state index contributed by atoms with van der Waals surface area (Å²) in [7, 11) is 0. The number of hydrogen-bond donors (Lipinski definition) is 0. The monoisotopic (exact) mass is 873 g/mol. The fraction of sp³-hybridized carbons (Fsp3) is 0.632. The van der Waals surface area contributed by atoms with Crippen molar-refractivity contribution < 1.29 is 28.6 Å². The molecule has 0 heterocycles. The van der Waals surface area contributed by atoms with Crippen LogP contribution in [0.1, 0.15) is 213 Å². The van der Waals surface area contributed by atoms with E-state index in [0.717, 1.165) is 83.5 Å². The second kappa shape index (κ2) is 50.7. The lowest BCUT2D eigenvalue weighted by Crippen LogP contribution is -2.30. The summed E-state index contributed by atoms with van der Waals surface area (Å²) < 4.78 is 16.7. The lowest BCUT2D eigenvalue weighted by molar-refractivity contribution is -0.166. The molecule has 0 aliphatic carbocycles. The molecule has 1 unspecified atom stereocenters. The van der Waals surface area contributed by atoms with E-state index in [0.29, 0.717) is 19.3 Å². The van der Waals surface area contributed by atoms with Crippen molar-refractivity contribution >= 4 is 17.9 Å². The standard InChI is InChI=1S/C57H92O6/c1-4-7-10-13-16-19-22-25-27-29-32-35-38-41-44-47-50-56(59)62-53-54(52-61-55(58)49-46-43-40-37-34-31-24-21-18-15-12-9-6-3)63-57(60)51-48-45-42-39-36-33-30-28-26-23-20-17-14-11-8-5-2/h7,9-10,12,15-16,18-19,21,24-25,27,31-32,34-35,41,44,54H,4-6,8,11,13-14,17,20,22-23,26,28-30,33,36-40,42-43,45-53H2,1-3H3/b10-7+,12-9+,18-15+,19-16+,24-21+,27-25+,34-31+,35-32+,44-41+. The molecule has 0 N–H and O–H groups in total. The van der Waals surface area contributed by atoms with Crippen molar-refractivity contribution in [1.82, 2.24) is 0 Å². The molecule has 0 spiro atoms. The first-order valence-electron chi connectivity index (χ1n) is 25.4. The second-order valence-electron chi connectivity index (χ2n) is 16.4. The quantitative estimate of drug-likeness (QED) is 0.0199. The molecule has 0 aliphatic heterocycles. The minimum absolute atomic E-state index is 0.122. The first-order chi connectivity index (χ1) is 31.0. The van der Waals surface area contributed by atoms with Gasteiger partial charge in [-0.1, -0.05) is 233 Å². The summed E-state index contributed by atoms with van der Waals surface area (Å²) in [6.45, 7) is 6.27. The van der Waals surface area contributed by atoms with E-state index >= 15 is 0 Å². The summed E-state index contributed by atoms with van der Waals surface area (Å²) in [4.78, 5) is 37.9. The normalized spacial score (nSPS) is 13.0. The highest BCUT2D eigenvalue weighted by molar-refractivity contribution is 5.71. The van der Waals surface area contributed by atoms with Crippen LogP contribution in [0, 0.1) is 0 Å². The molecule has 0 amide bonds. The Kier molecular flexibility index (Phi) is 47.5. The van der Waals surface area contributed by atoms with Gasteiger partial charge in [0.05, 0.1) is 0 Å². The Morgan fingerprint density at radius 3 is 1.22 bits per heavy atom. The minimum Gasteiger partial charge on any atom is -0.462 e. The SMILES string of the molecule is CC/C=C/C=C/C=C/C=C/CCCCCC(=O)OCC(COC(=O)CC/C=C/C/C=C/C/C=C/C/C=C/C/C=C/CC)OC(=O)CCCCCCCCCCCCCCCCCC. The van der Waals surface area contributed by atoms with Crippen molar-refractivity contribution in [2.24, 2.45) is 0 Å². The first kappa shape index (κ1) is 59.1. The molecule has 6 nitrogen and oxygen atoms in total. The van der Waals surface area contributed by atoms with Gasteiger partial charge >= 0.3 is 17.9 Å². The Hall–Kier alpha value is -3.93. The molecule has 63 heavy (non-hydrogen) atoms. The molecule has 0 saturated carbocycles. The maximum atomic E-state index is 12.8. The Morgan fingerprint density at radius 1 is 0.349 bits per heavy atom. The van der Waals surface area contributed by atoms with Crippen LogP contribution in [0.15, 0.2) is 109 Å². The van der Waals surface area contributed by atoms with Gasteiger partial charge in [0, 0.05) is 19.3 Å². The van der Waals surface area contributed by atoms with Crippen molar-refractivity contribution in [3.8, 4) is 0 Å². The number of ether oxygens (including phenoxy) is 3. The highest BCUT2D eigenvalue weighted by atomic mass is 16.6. The van der Waals surface area contributed by atoms with Crippen LogP contribution in [0.4, 0.5) is 0 Å². The van der Waals surface area contributed by atoms with Crippen molar-refractivity contribution in [3.05, 3.63) is 109 Å². The molecule has 0 fully saturated rings. The molecule has 0 aromatic heterocycles. The molecule has 6 heteroatoms. The zero-order valence-corrected chi connectivity index (χ0v) is 40.5. The van der Waals surface area contributed by atoms with Crippen LogP contribution in [0.5, 0.6) is 0 Å². The van der Waals surface area contributed by atoms with E-state index in [1.807, 2.05) is 48.6 Å². The molecule has 0 rings (SSSR count). The molecule has 0 aromatic rings. The van der Waals surface area contributed by atoms with Gasteiger partial charge in [0.15, 0.2) is 6.10 Å². The minimum atomic E-state index is -0.823. The molecule has 1 atom stereocenters. The van der Waals surface area contributed by atoms with E-state index in [9.17, 15) is 14.4 Å². The Morgan fingerprint density at radius 2 is 0.730 bits per heavy atom. The molecule has 0 aliphatic rings. The number of rotatable bonds is 44. The third kappa shape index (κ3) is 49.0. The van der Waals surface area contributed by atoms with Gasteiger partial charge in [-0.2, -0.15) is 0 Å². The van der Waals surface area contributed by atoms with Crippen LogP contribution in [-0.4, -0.2) is 37.2 Å². The largest absolute Gasteiger partial charge is 0.462 e. The molecule has 0 bridgehead atoms. The van der Waals surface area contributed by atoms with Crippen LogP contribution in [0.25, 0.3) is 0 Å². The molecule has 0 saturated heterocycles. The van der Waals surface area contributed by atoms with Crippen LogP contribution in [0.3, 0.4) is 0 Å². The predicted molar refractivity (Wildman–Crippen MR) is 270 cm³/mol. The predicted octanol–water partition coefficient (Wildman–Crippen LogP) is 16.8. The van der Waals surface area contributed by atoms with Gasteiger partial charge in [-0.3, -0.25) is 14.4 Å². The molecule has 0 aromatic carbocycles. The van der Waals surface area contributed by atoms with E-state index < -0.39 is 6.10 Å². The van der Waals surface area contributed by atoms with Gasteiger partial charge in [0.2, 0.25) is 0 Å². The third-order valence-electron chi connectivity index (χ3n) is 10.4. The number of carbonyl (C=O) groups is 3. The van der Waals surface area contributed by atoms with Gasteiger partial charge < -0.3 is 14.2 Å². The van der Waals surface area contributed by atoms with Crippen LogP contribution in [0.2, 0.25) is 0 Å². The Balaban J connectivity index is 4.54. The van der Waals surface area contributed by atoms with E-state index in [1.54, 1.807) is 0 Å². The fourth-order valence-corrected chi connectivity index (χ4v) is 6.62. The molecular weight excluding hydrogens is 781 g/mol. The van der Waals surface area contributed by atoms with E-state index in [1.165, 1.54) is 83.5 Å². The average Bonchev–Trinajstić information content (AvgIpc) is 3.28. The number of esters is 3. The second-order valence-corrected chi connectivity index (χ2v) is 16.4. The number of carbonyl (C=O) groups excluding carboxylic acids is 3. The zero-order valence-electron chi connectivity index (χ0n) is 40.5. The Labute approximate surface area is 387 Å². The topological polar surface area (TPSA) is 78.9 Å². The molecule has 0 radical (unpaired) electrons. The number of unbranched alkanes of at least 4 members (excludes halogenated alkanes) is 18. The highest BCUT2D eigenvalue weighted by Gasteiger charge is 2.19. The van der Waals surface area contributed by atoms with Gasteiger partial charge in [-0.05, 0) is 70.6 Å². The summed E-state index contributed by atoms with van der Waals surface area (Å²) in [5.41, 5.74) is 0. The number of hydrogen-bond acceptors (Lipinski definition) is 6. The summed E-state index contributed by atoms with van der Waals surface area (Å²) in [5, 5.41) is 0. The van der Waals surface area contributed by atoms with Crippen LogP contribution >= 0.6 is 0 Å². The van der Waals surface area contributed by atoms with Crippen molar-refractivity contribution in [2.75, 3.05) is 13.2 Å². The summed E-state index contributed by atoms with van der Waals surface area (Å²) in [5.74, 6) is -1.05. The van der Waals surface area contributed by atoms with Crippen LogP contribution in [-0.2, 0) is 28.6 Å².